The monoisotopic (exact) mass is 367 g/mol. The van der Waals surface area contributed by atoms with Crippen LogP contribution in [0.1, 0.15) is 45.0 Å². The summed E-state index contributed by atoms with van der Waals surface area (Å²) in [6.07, 6.45) is 1.16. The smallest absolute Gasteiger partial charge is 0.0843 e. The molecule has 4 heteroatoms. The Hall–Kier alpha value is 0.620. The maximum atomic E-state index is 3.60. The van der Waals surface area contributed by atoms with Crippen molar-refractivity contribution in [1.82, 2.24) is 5.32 Å². The summed E-state index contributed by atoms with van der Waals surface area (Å²) < 4.78 is 2.33. The molecular formula is C12H19Br2NS. The molecule has 0 fully saturated rings. The van der Waals surface area contributed by atoms with Crippen molar-refractivity contribution in [1.29, 1.82) is 0 Å². The Kier molecular flexibility index (Phi) is 5.49. The largest absolute Gasteiger partial charge is 0.309 e. The van der Waals surface area contributed by atoms with Gasteiger partial charge in [0.05, 0.1) is 3.79 Å². The van der Waals surface area contributed by atoms with E-state index >= 15 is 0 Å². The van der Waals surface area contributed by atoms with E-state index in [2.05, 4.69) is 70.9 Å². The van der Waals surface area contributed by atoms with Crippen LogP contribution >= 0.6 is 43.2 Å². The van der Waals surface area contributed by atoms with Gasteiger partial charge in [-0.25, -0.2) is 0 Å². The third-order valence-electron chi connectivity index (χ3n) is 3.05. The van der Waals surface area contributed by atoms with Crippen molar-refractivity contribution in [3.63, 3.8) is 0 Å². The van der Waals surface area contributed by atoms with E-state index in [4.69, 9.17) is 0 Å². The van der Waals surface area contributed by atoms with Crippen molar-refractivity contribution in [2.24, 2.45) is 5.41 Å². The normalized spacial score (nSPS) is 14.1. The highest BCUT2D eigenvalue weighted by Gasteiger charge is 2.30. The second-order valence-corrected chi connectivity index (χ2v) is 7.86. The lowest BCUT2D eigenvalue weighted by atomic mass is 9.81. The molecule has 1 heterocycles. The molecule has 0 aromatic carbocycles. The van der Waals surface area contributed by atoms with Crippen LogP contribution in [0.25, 0.3) is 0 Å². The average molecular weight is 369 g/mol. The molecule has 1 unspecified atom stereocenters. The molecule has 1 rings (SSSR count). The van der Waals surface area contributed by atoms with E-state index in [9.17, 15) is 0 Å². The molecule has 0 aliphatic rings. The van der Waals surface area contributed by atoms with E-state index in [-0.39, 0.29) is 5.41 Å². The van der Waals surface area contributed by atoms with E-state index < -0.39 is 0 Å². The average Bonchev–Trinajstić information content (AvgIpc) is 2.55. The third kappa shape index (κ3) is 3.31. The Balaban J connectivity index is 3.02. The van der Waals surface area contributed by atoms with Crippen LogP contribution in [0.2, 0.25) is 0 Å². The summed E-state index contributed by atoms with van der Waals surface area (Å²) in [7, 11) is 0. The van der Waals surface area contributed by atoms with Crippen molar-refractivity contribution < 1.29 is 0 Å². The first-order valence-corrected chi connectivity index (χ1v) is 8.00. The summed E-state index contributed by atoms with van der Waals surface area (Å²) >= 11 is 8.94. The Bertz CT molecular complexity index is 327. The zero-order valence-corrected chi connectivity index (χ0v) is 14.2. The molecular weight excluding hydrogens is 350 g/mol. The Morgan fingerprint density at radius 3 is 2.38 bits per heavy atom. The zero-order valence-electron chi connectivity index (χ0n) is 10.2. The van der Waals surface area contributed by atoms with Crippen molar-refractivity contribution in [2.45, 2.75) is 40.2 Å². The standard InChI is InChI=1S/C12H19Br2NS/c1-5-12(3,4)10(15-6-2)9-7-8(13)11(14)16-9/h7,10,15H,5-6H2,1-4H3. The topological polar surface area (TPSA) is 12.0 Å². The second-order valence-electron chi connectivity index (χ2n) is 4.60. The van der Waals surface area contributed by atoms with Crippen LogP contribution in [0.4, 0.5) is 0 Å². The predicted molar refractivity (Wildman–Crippen MR) is 80.2 cm³/mol. The van der Waals surface area contributed by atoms with Gasteiger partial charge in [-0.1, -0.05) is 27.7 Å². The van der Waals surface area contributed by atoms with E-state index in [1.807, 2.05) is 11.3 Å². The maximum Gasteiger partial charge on any atom is 0.0843 e. The van der Waals surface area contributed by atoms with Crippen LogP contribution in [-0.2, 0) is 0 Å². The van der Waals surface area contributed by atoms with E-state index in [1.165, 1.54) is 8.66 Å². The maximum absolute atomic E-state index is 3.60. The molecule has 1 nitrogen and oxygen atoms in total. The number of hydrogen-bond acceptors (Lipinski definition) is 2. The lowest BCUT2D eigenvalue weighted by molar-refractivity contribution is 0.240. The molecule has 0 amide bonds. The first-order valence-electron chi connectivity index (χ1n) is 5.60. The Morgan fingerprint density at radius 1 is 1.38 bits per heavy atom. The van der Waals surface area contributed by atoms with Gasteiger partial charge >= 0.3 is 0 Å². The first kappa shape index (κ1) is 14.7. The Morgan fingerprint density at radius 2 is 2.00 bits per heavy atom. The fraction of sp³-hybridized carbons (Fsp3) is 0.667. The highest BCUT2D eigenvalue weighted by atomic mass is 79.9. The van der Waals surface area contributed by atoms with Crippen LogP contribution < -0.4 is 5.32 Å². The summed E-state index contributed by atoms with van der Waals surface area (Å²) in [6, 6.07) is 2.65. The lowest BCUT2D eigenvalue weighted by Gasteiger charge is -2.33. The van der Waals surface area contributed by atoms with Crippen LogP contribution in [0.15, 0.2) is 14.3 Å². The van der Waals surface area contributed by atoms with Gasteiger partial charge < -0.3 is 5.32 Å². The predicted octanol–water partition coefficient (Wildman–Crippen LogP) is 5.36. The summed E-state index contributed by atoms with van der Waals surface area (Å²) in [6.45, 7) is 10.1. The molecule has 16 heavy (non-hydrogen) atoms. The van der Waals surface area contributed by atoms with Crippen molar-refractivity contribution in [2.75, 3.05) is 6.54 Å². The molecule has 0 aliphatic carbocycles. The number of rotatable bonds is 5. The number of hydrogen-bond donors (Lipinski definition) is 1. The quantitative estimate of drug-likeness (QED) is 0.737. The first-order chi connectivity index (χ1) is 7.42. The molecule has 92 valence electrons. The minimum atomic E-state index is 0.278. The number of halogens is 2. The molecule has 0 bridgehead atoms. The van der Waals surface area contributed by atoms with E-state index in [0.717, 1.165) is 17.4 Å². The molecule has 1 atom stereocenters. The molecule has 0 saturated carbocycles. The summed E-state index contributed by atoms with van der Waals surface area (Å²) in [5.41, 5.74) is 0.278. The van der Waals surface area contributed by atoms with Crippen LogP contribution in [0.3, 0.4) is 0 Å². The third-order valence-corrected chi connectivity index (χ3v) is 6.37. The van der Waals surface area contributed by atoms with E-state index in [0.29, 0.717) is 6.04 Å². The SMILES string of the molecule is CCNC(c1cc(Br)c(Br)s1)C(C)(C)CC. The fourth-order valence-corrected chi connectivity index (χ4v) is 4.05. The zero-order chi connectivity index (χ0) is 12.3. The molecule has 0 spiro atoms. The minimum absolute atomic E-state index is 0.278. The van der Waals surface area contributed by atoms with Gasteiger partial charge in [-0.3, -0.25) is 0 Å². The van der Waals surface area contributed by atoms with Crippen LogP contribution in [0, 0.1) is 5.41 Å². The molecule has 1 aromatic heterocycles. The fourth-order valence-electron chi connectivity index (χ4n) is 1.68. The summed E-state index contributed by atoms with van der Waals surface area (Å²) in [5.74, 6) is 0. The molecule has 1 aromatic rings. The number of nitrogens with one attached hydrogen (secondary N) is 1. The van der Waals surface area contributed by atoms with Gasteiger partial charge in [0.1, 0.15) is 0 Å². The van der Waals surface area contributed by atoms with Crippen molar-refractivity contribution >= 4 is 43.2 Å². The van der Waals surface area contributed by atoms with Gasteiger partial charge in [0.25, 0.3) is 0 Å². The summed E-state index contributed by atoms with van der Waals surface area (Å²) in [5, 5.41) is 3.60. The molecule has 0 saturated heterocycles. The van der Waals surface area contributed by atoms with Crippen molar-refractivity contribution in [3.05, 3.63) is 19.2 Å². The molecule has 0 radical (unpaired) electrons. The second kappa shape index (κ2) is 5.98. The summed E-state index contributed by atoms with van der Waals surface area (Å²) in [4.78, 5) is 1.40. The Labute approximate surface area is 119 Å². The van der Waals surface area contributed by atoms with Crippen molar-refractivity contribution in [3.8, 4) is 0 Å². The van der Waals surface area contributed by atoms with Gasteiger partial charge in [0.15, 0.2) is 0 Å². The van der Waals surface area contributed by atoms with Gasteiger partial charge in [0.2, 0.25) is 0 Å². The van der Waals surface area contributed by atoms with Gasteiger partial charge in [-0.2, -0.15) is 0 Å². The van der Waals surface area contributed by atoms with E-state index in [1.54, 1.807) is 0 Å². The van der Waals surface area contributed by atoms with Crippen LogP contribution in [0.5, 0.6) is 0 Å². The highest BCUT2D eigenvalue weighted by molar-refractivity contribution is 9.13. The molecule has 1 N–H and O–H groups in total. The van der Waals surface area contributed by atoms with Gasteiger partial charge in [0, 0.05) is 15.4 Å². The number of thiophene rings is 1. The lowest BCUT2D eigenvalue weighted by Crippen LogP contribution is -2.33. The minimum Gasteiger partial charge on any atom is -0.309 e. The molecule has 0 aliphatic heterocycles. The van der Waals surface area contributed by atoms with Crippen LogP contribution in [-0.4, -0.2) is 6.54 Å². The van der Waals surface area contributed by atoms with Gasteiger partial charge in [-0.05, 0) is 56.3 Å². The highest BCUT2D eigenvalue weighted by Crippen LogP contribution is 2.43. The van der Waals surface area contributed by atoms with Gasteiger partial charge in [-0.15, -0.1) is 11.3 Å².